The van der Waals surface area contributed by atoms with Gasteiger partial charge in [-0.2, -0.15) is 0 Å². The third kappa shape index (κ3) is 3.69. The van der Waals surface area contributed by atoms with Crippen LogP contribution in [0, 0.1) is 5.92 Å². The molecule has 0 aliphatic heterocycles. The number of amides is 1. The standard InChI is InChI=1S/C18H26N2O2/c1-13(2)11-20-12-16(15-7-5-6-8-17(15)20)18(22)19(4)10-9-14(3)21/h5-8,12-14,21H,9-11H2,1-4H3. The van der Waals surface area contributed by atoms with E-state index in [1.54, 1.807) is 18.9 Å². The molecule has 2 aromatic rings. The van der Waals surface area contributed by atoms with Crippen molar-refractivity contribution >= 4 is 16.8 Å². The fraction of sp³-hybridized carbons (Fsp3) is 0.500. The topological polar surface area (TPSA) is 45.5 Å². The number of nitrogens with zero attached hydrogens (tertiary/aromatic N) is 2. The average molecular weight is 302 g/mol. The molecule has 4 nitrogen and oxygen atoms in total. The molecule has 4 heteroatoms. The van der Waals surface area contributed by atoms with Gasteiger partial charge in [0, 0.05) is 37.2 Å². The van der Waals surface area contributed by atoms with E-state index in [2.05, 4.69) is 24.5 Å². The van der Waals surface area contributed by atoms with Crippen molar-refractivity contribution in [1.29, 1.82) is 0 Å². The third-order valence-electron chi connectivity index (χ3n) is 3.81. The molecular weight excluding hydrogens is 276 g/mol. The van der Waals surface area contributed by atoms with Crippen molar-refractivity contribution in [3.8, 4) is 0 Å². The molecule has 22 heavy (non-hydrogen) atoms. The molecule has 0 saturated carbocycles. The first-order chi connectivity index (χ1) is 10.4. The lowest BCUT2D eigenvalue weighted by Gasteiger charge is -2.17. The van der Waals surface area contributed by atoms with Crippen molar-refractivity contribution in [3.05, 3.63) is 36.0 Å². The second-order valence-corrected chi connectivity index (χ2v) is 6.47. The molecule has 0 radical (unpaired) electrons. The summed E-state index contributed by atoms with van der Waals surface area (Å²) in [5, 5.41) is 10.4. The van der Waals surface area contributed by atoms with Gasteiger partial charge in [0.15, 0.2) is 0 Å². The fourth-order valence-corrected chi connectivity index (χ4v) is 2.65. The third-order valence-corrected chi connectivity index (χ3v) is 3.81. The van der Waals surface area contributed by atoms with Crippen LogP contribution >= 0.6 is 0 Å². The lowest BCUT2D eigenvalue weighted by molar-refractivity contribution is 0.0770. The number of aliphatic hydroxyl groups excluding tert-OH is 1. The van der Waals surface area contributed by atoms with Gasteiger partial charge in [0.25, 0.3) is 5.91 Å². The monoisotopic (exact) mass is 302 g/mol. The first-order valence-electron chi connectivity index (χ1n) is 7.91. The van der Waals surface area contributed by atoms with Crippen molar-refractivity contribution in [2.75, 3.05) is 13.6 Å². The molecule has 1 atom stereocenters. The van der Waals surface area contributed by atoms with Crippen molar-refractivity contribution in [2.45, 2.75) is 39.8 Å². The number of hydrogen-bond acceptors (Lipinski definition) is 2. The zero-order valence-corrected chi connectivity index (χ0v) is 13.9. The Morgan fingerprint density at radius 1 is 1.27 bits per heavy atom. The summed E-state index contributed by atoms with van der Waals surface area (Å²) in [4.78, 5) is 14.4. The van der Waals surface area contributed by atoms with Crippen LogP contribution in [0.15, 0.2) is 30.5 Å². The summed E-state index contributed by atoms with van der Waals surface area (Å²) in [6, 6.07) is 8.03. The molecule has 0 aliphatic rings. The Kier molecular flexibility index (Phi) is 5.24. The molecular formula is C18H26N2O2. The van der Waals surface area contributed by atoms with Crippen LogP contribution in [0.25, 0.3) is 10.9 Å². The molecule has 1 unspecified atom stereocenters. The molecule has 1 heterocycles. The minimum absolute atomic E-state index is 0.0133. The Hall–Kier alpha value is -1.81. The normalized spacial score (nSPS) is 12.8. The second-order valence-electron chi connectivity index (χ2n) is 6.47. The minimum Gasteiger partial charge on any atom is -0.393 e. The van der Waals surface area contributed by atoms with Crippen LogP contribution in [0.4, 0.5) is 0 Å². The van der Waals surface area contributed by atoms with Gasteiger partial charge in [-0.3, -0.25) is 4.79 Å². The van der Waals surface area contributed by atoms with Gasteiger partial charge in [0.1, 0.15) is 0 Å². The molecule has 0 saturated heterocycles. The van der Waals surface area contributed by atoms with Gasteiger partial charge in [-0.05, 0) is 25.3 Å². The van der Waals surface area contributed by atoms with Crippen LogP contribution in [0.5, 0.6) is 0 Å². The van der Waals surface area contributed by atoms with Crippen LogP contribution in [0.2, 0.25) is 0 Å². The SMILES string of the molecule is CC(C)Cn1cc(C(=O)N(C)CCC(C)O)c2ccccc21. The highest BCUT2D eigenvalue weighted by Crippen LogP contribution is 2.23. The van der Waals surface area contributed by atoms with Gasteiger partial charge < -0.3 is 14.6 Å². The molecule has 1 N–H and O–H groups in total. The maximum atomic E-state index is 12.7. The van der Waals surface area contributed by atoms with Gasteiger partial charge in [-0.15, -0.1) is 0 Å². The van der Waals surface area contributed by atoms with Crippen LogP contribution in [0.3, 0.4) is 0 Å². The number of rotatable bonds is 6. The summed E-state index contributed by atoms with van der Waals surface area (Å²) in [6.07, 6.45) is 2.16. The van der Waals surface area contributed by atoms with E-state index in [1.165, 1.54) is 0 Å². The summed E-state index contributed by atoms with van der Waals surface area (Å²) >= 11 is 0. The maximum absolute atomic E-state index is 12.7. The van der Waals surface area contributed by atoms with E-state index >= 15 is 0 Å². The van der Waals surface area contributed by atoms with Gasteiger partial charge in [0.05, 0.1) is 11.7 Å². The van der Waals surface area contributed by atoms with Gasteiger partial charge >= 0.3 is 0 Å². The van der Waals surface area contributed by atoms with Crippen LogP contribution in [0.1, 0.15) is 37.6 Å². The Balaban J connectivity index is 2.32. The van der Waals surface area contributed by atoms with Crippen LogP contribution in [-0.4, -0.2) is 40.2 Å². The molecule has 1 aromatic carbocycles. The summed E-state index contributed by atoms with van der Waals surface area (Å²) < 4.78 is 2.16. The number of hydrogen-bond donors (Lipinski definition) is 1. The first-order valence-corrected chi connectivity index (χ1v) is 7.91. The van der Waals surface area contributed by atoms with Crippen LogP contribution in [-0.2, 0) is 6.54 Å². The van der Waals surface area contributed by atoms with Crippen molar-refractivity contribution in [3.63, 3.8) is 0 Å². The second kappa shape index (κ2) is 6.97. The smallest absolute Gasteiger partial charge is 0.255 e. The van der Waals surface area contributed by atoms with E-state index in [0.29, 0.717) is 18.9 Å². The van der Waals surface area contributed by atoms with Gasteiger partial charge in [-0.25, -0.2) is 0 Å². The fourth-order valence-electron chi connectivity index (χ4n) is 2.65. The molecule has 0 spiro atoms. The number of benzene rings is 1. The summed E-state index contributed by atoms with van der Waals surface area (Å²) in [7, 11) is 1.79. The summed E-state index contributed by atoms with van der Waals surface area (Å²) in [5.74, 6) is 0.533. The highest BCUT2D eigenvalue weighted by atomic mass is 16.3. The van der Waals surface area contributed by atoms with Gasteiger partial charge in [-0.1, -0.05) is 32.0 Å². The maximum Gasteiger partial charge on any atom is 0.255 e. The Morgan fingerprint density at radius 3 is 2.59 bits per heavy atom. The zero-order valence-electron chi connectivity index (χ0n) is 13.9. The first kappa shape index (κ1) is 16.6. The lowest BCUT2D eigenvalue weighted by atomic mass is 10.1. The predicted octanol–water partition coefficient (Wildman–Crippen LogP) is 3.14. The Morgan fingerprint density at radius 2 is 1.95 bits per heavy atom. The van der Waals surface area contributed by atoms with E-state index in [1.807, 2.05) is 24.4 Å². The minimum atomic E-state index is -0.391. The number of aromatic nitrogens is 1. The highest BCUT2D eigenvalue weighted by molar-refractivity contribution is 6.06. The molecule has 2 rings (SSSR count). The molecule has 0 fully saturated rings. The number of fused-ring (bicyclic) bond motifs is 1. The molecule has 1 amide bonds. The quantitative estimate of drug-likeness (QED) is 0.891. The number of para-hydroxylation sites is 1. The predicted molar refractivity (Wildman–Crippen MR) is 90.0 cm³/mol. The average Bonchev–Trinajstić information content (AvgIpc) is 2.82. The molecule has 1 aromatic heterocycles. The molecule has 0 bridgehead atoms. The van der Waals surface area contributed by atoms with Crippen molar-refractivity contribution in [1.82, 2.24) is 9.47 Å². The van der Waals surface area contributed by atoms with E-state index in [0.717, 1.165) is 23.0 Å². The van der Waals surface area contributed by atoms with Crippen molar-refractivity contribution in [2.24, 2.45) is 5.92 Å². The largest absolute Gasteiger partial charge is 0.393 e. The number of carbonyl (C=O) groups is 1. The van der Waals surface area contributed by atoms with E-state index in [-0.39, 0.29) is 5.91 Å². The highest BCUT2D eigenvalue weighted by Gasteiger charge is 2.18. The summed E-state index contributed by atoms with van der Waals surface area (Å²) in [6.45, 7) is 7.54. The van der Waals surface area contributed by atoms with E-state index in [4.69, 9.17) is 0 Å². The Labute approximate surface area is 132 Å². The Bertz CT molecular complexity index is 644. The van der Waals surface area contributed by atoms with Crippen LogP contribution < -0.4 is 0 Å². The lowest BCUT2D eigenvalue weighted by Crippen LogP contribution is -2.29. The van der Waals surface area contributed by atoms with Gasteiger partial charge in [0.2, 0.25) is 0 Å². The number of carbonyl (C=O) groups excluding carboxylic acids is 1. The molecule has 0 aliphatic carbocycles. The summed E-state index contributed by atoms with van der Waals surface area (Å²) in [5.41, 5.74) is 1.84. The zero-order chi connectivity index (χ0) is 16.3. The number of aliphatic hydroxyl groups is 1. The van der Waals surface area contributed by atoms with E-state index < -0.39 is 6.10 Å². The van der Waals surface area contributed by atoms with E-state index in [9.17, 15) is 9.90 Å². The van der Waals surface area contributed by atoms with Crippen molar-refractivity contribution < 1.29 is 9.90 Å². The molecule has 120 valence electrons.